The summed E-state index contributed by atoms with van der Waals surface area (Å²) in [6, 6.07) is 0. The Morgan fingerprint density at radius 2 is 2.11 bits per heavy atom. The summed E-state index contributed by atoms with van der Waals surface area (Å²) in [4.78, 5) is 10.1. The molecule has 9 heavy (non-hydrogen) atoms. The number of thioether (sulfide) groups is 2. The lowest BCUT2D eigenvalue weighted by Gasteiger charge is -2.00. The molecule has 1 N–H and O–H groups in total. The highest BCUT2D eigenvalue weighted by Crippen LogP contribution is 2.33. The van der Waals surface area contributed by atoms with Crippen molar-refractivity contribution in [3.05, 3.63) is 0 Å². The number of rotatable bonds is 2. The van der Waals surface area contributed by atoms with Crippen molar-refractivity contribution < 1.29 is 9.90 Å². The highest BCUT2D eigenvalue weighted by molar-refractivity contribution is 8.20. The highest BCUT2D eigenvalue weighted by atomic mass is 32.2. The number of hydrogen-bond donors (Lipinski definition) is 1. The van der Waals surface area contributed by atoms with Crippen LogP contribution in [0.1, 0.15) is 6.42 Å². The van der Waals surface area contributed by atoms with E-state index in [9.17, 15) is 4.79 Å². The van der Waals surface area contributed by atoms with Gasteiger partial charge >= 0.3 is 5.97 Å². The van der Waals surface area contributed by atoms with Gasteiger partial charge in [0, 0.05) is 11.5 Å². The molecule has 0 saturated carbocycles. The second kappa shape index (κ2) is 3.37. The van der Waals surface area contributed by atoms with E-state index in [1.807, 2.05) is 0 Å². The quantitative estimate of drug-likeness (QED) is 0.667. The van der Waals surface area contributed by atoms with Crippen molar-refractivity contribution in [2.75, 3.05) is 11.5 Å². The highest BCUT2D eigenvalue weighted by Gasteiger charge is 2.18. The van der Waals surface area contributed by atoms with E-state index in [2.05, 4.69) is 0 Å². The molecule has 0 aliphatic carbocycles. The van der Waals surface area contributed by atoms with Crippen molar-refractivity contribution in [1.29, 1.82) is 0 Å². The predicted octanol–water partition coefficient (Wildman–Crippen LogP) is 1.27. The minimum Gasteiger partial charge on any atom is -0.481 e. The van der Waals surface area contributed by atoms with Crippen LogP contribution in [0.25, 0.3) is 0 Å². The van der Waals surface area contributed by atoms with Gasteiger partial charge in [0.05, 0.1) is 11.0 Å². The lowest BCUT2D eigenvalue weighted by Crippen LogP contribution is -2.02. The fourth-order valence-electron chi connectivity index (χ4n) is 0.668. The summed E-state index contributed by atoms with van der Waals surface area (Å²) in [6.45, 7) is 0. The first-order valence-corrected chi connectivity index (χ1v) is 4.84. The van der Waals surface area contributed by atoms with Crippen LogP contribution < -0.4 is 0 Å². The van der Waals surface area contributed by atoms with E-state index in [1.54, 1.807) is 23.5 Å². The van der Waals surface area contributed by atoms with Gasteiger partial charge in [-0.3, -0.25) is 4.79 Å². The van der Waals surface area contributed by atoms with Gasteiger partial charge < -0.3 is 5.11 Å². The van der Waals surface area contributed by atoms with Crippen LogP contribution >= 0.6 is 23.5 Å². The Balaban J connectivity index is 2.19. The third-order valence-corrected chi connectivity index (χ3v) is 4.06. The van der Waals surface area contributed by atoms with Gasteiger partial charge in [-0.25, -0.2) is 0 Å². The molecule has 0 aromatic carbocycles. The summed E-state index contributed by atoms with van der Waals surface area (Å²) in [5.74, 6) is 1.55. The summed E-state index contributed by atoms with van der Waals surface area (Å²) in [6.07, 6.45) is 0.315. The van der Waals surface area contributed by atoms with Crippen LogP contribution in [0.15, 0.2) is 0 Å². The molecule has 1 heterocycles. The van der Waals surface area contributed by atoms with E-state index >= 15 is 0 Å². The Labute approximate surface area is 62.4 Å². The Bertz CT molecular complexity index is 110. The molecule has 1 aliphatic rings. The summed E-state index contributed by atoms with van der Waals surface area (Å²) in [7, 11) is 0. The number of carbonyl (C=O) groups is 1. The molecule has 0 atom stereocenters. The number of carboxylic acids is 1. The molecule has 52 valence electrons. The van der Waals surface area contributed by atoms with Gasteiger partial charge in [-0.2, -0.15) is 0 Å². The predicted molar refractivity (Wildman–Crippen MR) is 41.0 cm³/mol. The standard InChI is InChI=1S/C5H8O2S2/c6-4(7)3-5-8-1-2-9-5/h5H,1-3H2,(H,6,7). The molecular formula is C5H8O2S2. The van der Waals surface area contributed by atoms with Crippen molar-refractivity contribution in [3.63, 3.8) is 0 Å². The zero-order valence-electron chi connectivity index (χ0n) is 4.87. The fourth-order valence-corrected chi connectivity index (χ4v) is 3.45. The maximum Gasteiger partial charge on any atom is 0.305 e. The topological polar surface area (TPSA) is 37.3 Å². The second-order valence-electron chi connectivity index (χ2n) is 1.77. The fraction of sp³-hybridized carbons (Fsp3) is 0.800. The monoisotopic (exact) mass is 164 g/mol. The van der Waals surface area contributed by atoms with Crippen molar-refractivity contribution in [2.45, 2.75) is 11.0 Å². The van der Waals surface area contributed by atoms with Gasteiger partial charge in [0.2, 0.25) is 0 Å². The third-order valence-electron chi connectivity index (χ3n) is 1.03. The first kappa shape index (κ1) is 7.28. The lowest BCUT2D eigenvalue weighted by molar-refractivity contribution is -0.136. The Morgan fingerprint density at radius 3 is 2.56 bits per heavy atom. The zero-order chi connectivity index (χ0) is 6.69. The average molecular weight is 164 g/mol. The smallest absolute Gasteiger partial charge is 0.305 e. The minimum atomic E-state index is -0.679. The molecule has 1 fully saturated rings. The summed E-state index contributed by atoms with van der Waals surface area (Å²) in [5.41, 5.74) is 0. The molecule has 0 spiro atoms. The van der Waals surface area contributed by atoms with Gasteiger partial charge in [-0.05, 0) is 0 Å². The minimum absolute atomic E-state index is 0.315. The Kier molecular flexibility index (Phi) is 2.72. The lowest BCUT2D eigenvalue weighted by atomic mass is 10.5. The Morgan fingerprint density at radius 1 is 1.56 bits per heavy atom. The summed E-state index contributed by atoms with van der Waals surface area (Å²) >= 11 is 3.51. The second-order valence-corrected chi connectivity index (χ2v) is 4.69. The average Bonchev–Trinajstić information content (AvgIpc) is 2.15. The van der Waals surface area contributed by atoms with Crippen LogP contribution in [0.3, 0.4) is 0 Å². The van der Waals surface area contributed by atoms with E-state index < -0.39 is 5.97 Å². The molecule has 0 unspecified atom stereocenters. The summed E-state index contributed by atoms with van der Waals surface area (Å²) < 4.78 is 0.322. The molecule has 0 radical (unpaired) electrons. The molecule has 0 aromatic heterocycles. The first-order valence-electron chi connectivity index (χ1n) is 2.74. The number of hydrogen-bond acceptors (Lipinski definition) is 3. The van der Waals surface area contributed by atoms with Gasteiger partial charge in [0.25, 0.3) is 0 Å². The molecule has 1 saturated heterocycles. The molecule has 1 rings (SSSR count). The number of carboxylic acid groups (broad SMARTS) is 1. The SMILES string of the molecule is O=C(O)CC1SCCS1. The Hall–Kier alpha value is 0.170. The molecule has 0 bridgehead atoms. The van der Waals surface area contributed by atoms with E-state index in [0.29, 0.717) is 11.0 Å². The molecular weight excluding hydrogens is 156 g/mol. The zero-order valence-corrected chi connectivity index (χ0v) is 6.50. The van der Waals surface area contributed by atoms with Crippen LogP contribution in [0.5, 0.6) is 0 Å². The van der Waals surface area contributed by atoms with Crippen LogP contribution in [0, 0.1) is 0 Å². The van der Waals surface area contributed by atoms with E-state index in [4.69, 9.17) is 5.11 Å². The van der Waals surface area contributed by atoms with Crippen LogP contribution in [-0.2, 0) is 4.79 Å². The molecule has 1 aliphatic heterocycles. The largest absolute Gasteiger partial charge is 0.481 e. The van der Waals surface area contributed by atoms with Crippen molar-refractivity contribution in [2.24, 2.45) is 0 Å². The van der Waals surface area contributed by atoms with Crippen molar-refractivity contribution in [3.8, 4) is 0 Å². The van der Waals surface area contributed by atoms with Crippen molar-refractivity contribution >= 4 is 29.5 Å². The molecule has 2 nitrogen and oxygen atoms in total. The van der Waals surface area contributed by atoms with Gasteiger partial charge in [0.1, 0.15) is 0 Å². The van der Waals surface area contributed by atoms with Gasteiger partial charge in [-0.1, -0.05) is 0 Å². The van der Waals surface area contributed by atoms with E-state index in [1.165, 1.54) is 0 Å². The van der Waals surface area contributed by atoms with Gasteiger partial charge in [0.15, 0.2) is 0 Å². The van der Waals surface area contributed by atoms with Gasteiger partial charge in [-0.15, -0.1) is 23.5 Å². The van der Waals surface area contributed by atoms with Crippen LogP contribution in [0.2, 0.25) is 0 Å². The first-order chi connectivity index (χ1) is 4.29. The number of aliphatic carboxylic acids is 1. The molecule has 4 heteroatoms. The van der Waals surface area contributed by atoms with E-state index in [0.717, 1.165) is 11.5 Å². The molecule has 0 aromatic rings. The molecule has 0 amide bonds. The maximum atomic E-state index is 10.1. The summed E-state index contributed by atoms with van der Waals surface area (Å²) in [5, 5.41) is 8.35. The normalized spacial score (nSPS) is 20.4. The van der Waals surface area contributed by atoms with Crippen LogP contribution in [0.4, 0.5) is 0 Å². The third kappa shape index (κ3) is 2.49. The maximum absolute atomic E-state index is 10.1. The van der Waals surface area contributed by atoms with E-state index in [-0.39, 0.29) is 0 Å². The van der Waals surface area contributed by atoms with Crippen molar-refractivity contribution in [1.82, 2.24) is 0 Å². The van der Waals surface area contributed by atoms with Crippen LogP contribution in [-0.4, -0.2) is 27.2 Å².